The largest absolute Gasteiger partial charge is 0.396 e. The van der Waals surface area contributed by atoms with Crippen LogP contribution in [-0.2, 0) is 22.6 Å². The number of carbonyl (C=O) groups is 1. The summed E-state index contributed by atoms with van der Waals surface area (Å²) in [6, 6.07) is 0. The molecule has 27 heavy (non-hydrogen) atoms. The minimum absolute atomic E-state index is 0.00910. The van der Waals surface area contributed by atoms with Crippen LogP contribution in [0.4, 0.5) is 0 Å². The topological polar surface area (TPSA) is 96.6 Å². The van der Waals surface area contributed by atoms with Gasteiger partial charge in [0.1, 0.15) is 0 Å². The van der Waals surface area contributed by atoms with E-state index in [0.29, 0.717) is 45.7 Å². The molecule has 9 heteroatoms. The van der Waals surface area contributed by atoms with Crippen molar-refractivity contribution in [3.63, 3.8) is 0 Å². The van der Waals surface area contributed by atoms with E-state index in [9.17, 15) is 9.90 Å². The van der Waals surface area contributed by atoms with Crippen LogP contribution < -0.4 is 0 Å². The zero-order valence-corrected chi connectivity index (χ0v) is 16.3. The zero-order chi connectivity index (χ0) is 19.1. The predicted octanol–water partition coefficient (Wildman–Crippen LogP) is 0.153. The molecule has 0 aromatic carbocycles. The van der Waals surface area contributed by atoms with Crippen LogP contribution in [0.2, 0.25) is 0 Å². The number of carbonyl (C=O) groups excluding carboxylic acids is 1. The molecule has 0 unspecified atom stereocenters. The van der Waals surface area contributed by atoms with Gasteiger partial charge in [-0.2, -0.15) is 0 Å². The summed E-state index contributed by atoms with van der Waals surface area (Å²) in [7, 11) is 0. The lowest BCUT2D eigenvalue weighted by atomic mass is 9.99. The predicted molar refractivity (Wildman–Crippen MR) is 98.7 cm³/mol. The molecule has 1 N–H and O–H groups in total. The molecule has 2 saturated heterocycles. The smallest absolute Gasteiger partial charge is 0.222 e. The van der Waals surface area contributed by atoms with Crippen molar-refractivity contribution in [3.05, 3.63) is 5.82 Å². The number of nitrogens with zero attached hydrogens (tertiary/aromatic N) is 6. The summed E-state index contributed by atoms with van der Waals surface area (Å²) in [5.41, 5.74) is 0. The molecule has 2 aliphatic rings. The third-order valence-electron chi connectivity index (χ3n) is 5.56. The normalized spacial score (nSPS) is 22.7. The lowest BCUT2D eigenvalue weighted by molar-refractivity contribution is -0.131. The van der Waals surface area contributed by atoms with E-state index in [1.807, 2.05) is 9.58 Å². The van der Waals surface area contributed by atoms with Gasteiger partial charge in [-0.25, -0.2) is 4.68 Å². The van der Waals surface area contributed by atoms with Gasteiger partial charge in [0.15, 0.2) is 5.82 Å². The average Bonchev–Trinajstić information content (AvgIpc) is 2.96. The summed E-state index contributed by atoms with van der Waals surface area (Å²) >= 11 is 0. The molecule has 0 saturated carbocycles. The first-order valence-corrected chi connectivity index (χ1v) is 10.1. The fourth-order valence-corrected chi connectivity index (χ4v) is 3.69. The van der Waals surface area contributed by atoms with E-state index < -0.39 is 0 Å². The van der Waals surface area contributed by atoms with Crippen molar-refractivity contribution in [2.75, 3.05) is 46.0 Å². The minimum Gasteiger partial charge on any atom is -0.396 e. The van der Waals surface area contributed by atoms with Crippen molar-refractivity contribution >= 4 is 5.91 Å². The molecule has 9 nitrogen and oxygen atoms in total. The second-order valence-electron chi connectivity index (χ2n) is 7.84. The van der Waals surface area contributed by atoms with Gasteiger partial charge in [-0.05, 0) is 48.7 Å². The molecule has 1 atom stereocenters. The van der Waals surface area contributed by atoms with Crippen LogP contribution in [0.15, 0.2) is 0 Å². The fourth-order valence-electron chi connectivity index (χ4n) is 3.69. The summed E-state index contributed by atoms with van der Waals surface area (Å²) in [5.74, 6) is 1.80. The number of ether oxygens (including phenoxy) is 1. The molecule has 152 valence electrons. The van der Waals surface area contributed by atoms with E-state index in [1.54, 1.807) is 0 Å². The van der Waals surface area contributed by atoms with Gasteiger partial charge in [0.25, 0.3) is 0 Å². The Kier molecular flexibility index (Phi) is 7.54. The van der Waals surface area contributed by atoms with Crippen LogP contribution in [0.5, 0.6) is 0 Å². The number of rotatable bonds is 7. The number of tetrazole rings is 1. The second-order valence-corrected chi connectivity index (χ2v) is 7.84. The van der Waals surface area contributed by atoms with Crippen LogP contribution in [0.3, 0.4) is 0 Å². The molecule has 3 rings (SSSR count). The monoisotopic (exact) mass is 380 g/mol. The van der Waals surface area contributed by atoms with Crippen LogP contribution in [0, 0.1) is 11.8 Å². The summed E-state index contributed by atoms with van der Waals surface area (Å²) in [6.07, 6.45) is 3.61. The number of aliphatic hydroxyl groups is 1. The molecular weight excluding hydrogens is 348 g/mol. The molecule has 0 aliphatic carbocycles. The first-order chi connectivity index (χ1) is 13.2. The average molecular weight is 380 g/mol. The molecule has 1 aromatic rings. The number of likely N-dealkylation sites (tertiary alicyclic amines) is 1. The van der Waals surface area contributed by atoms with Crippen molar-refractivity contribution < 1.29 is 14.6 Å². The van der Waals surface area contributed by atoms with Crippen LogP contribution >= 0.6 is 0 Å². The molecule has 1 aromatic heterocycles. The third-order valence-corrected chi connectivity index (χ3v) is 5.56. The Labute approximate surface area is 160 Å². The number of piperidine rings is 1. The molecular formula is C18H32N6O3. The van der Waals surface area contributed by atoms with Crippen LogP contribution in [0.1, 0.15) is 38.4 Å². The SMILES string of the molecule is CC1CCN(Cc2nnnn2CCCC(=O)N2CCOC[C@@H](CO)C2)CC1. The van der Waals surface area contributed by atoms with E-state index in [2.05, 4.69) is 27.3 Å². The van der Waals surface area contributed by atoms with Crippen molar-refractivity contribution in [3.8, 4) is 0 Å². The van der Waals surface area contributed by atoms with Gasteiger partial charge in [0, 0.05) is 38.6 Å². The van der Waals surface area contributed by atoms with Gasteiger partial charge >= 0.3 is 0 Å². The Morgan fingerprint density at radius 2 is 2.11 bits per heavy atom. The minimum atomic E-state index is 0.00910. The number of aromatic nitrogens is 4. The Morgan fingerprint density at radius 3 is 2.89 bits per heavy atom. The summed E-state index contributed by atoms with van der Waals surface area (Å²) in [4.78, 5) is 16.7. The van der Waals surface area contributed by atoms with Gasteiger partial charge in [-0.1, -0.05) is 6.92 Å². The van der Waals surface area contributed by atoms with Crippen molar-refractivity contribution in [2.24, 2.45) is 11.8 Å². The van der Waals surface area contributed by atoms with Crippen LogP contribution in [-0.4, -0.2) is 87.0 Å². The van der Waals surface area contributed by atoms with Gasteiger partial charge in [-0.15, -0.1) is 5.10 Å². The Morgan fingerprint density at radius 1 is 1.30 bits per heavy atom. The number of hydrogen-bond acceptors (Lipinski definition) is 7. The standard InChI is InChI=1S/C18H32N6O3/c1-15-4-7-22(8-5-15)12-17-19-20-21-24(17)6-2-3-18(26)23-9-10-27-14-16(11-23)13-25/h15-16,25H,2-14H2,1H3/t16-/m1/s1. The lowest BCUT2D eigenvalue weighted by Gasteiger charge is -2.29. The van der Waals surface area contributed by atoms with E-state index in [4.69, 9.17) is 4.74 Å². The molecule has 2 fully saturated rings. The fraction of sp³-hybridized carbons (Fsp3) is 0.889. The van der Waals surface area contributed by atoms with Gasteiger partial charge in [0.2, 0.25) is 5.91 Å². The Balaban J connectivity index is 1.44. The van der Waals surface area contributed by atoms with Crippen molar-refractivity contribution in [1.82, 2.24) is 30.0 Å². The highest BCUT2D eigenvalue weighted by atomic mass is 16.5. The summed E-state index contributed by atoms with van der Waals surface area (Å²) < 4.78 is 7.27. The van der Waals surface area contributed by atoms with E-state index in [0.717, 1.165) is 31.4 Å². The zero-order valence-electron chi connectivity index (χ0n) is 16.3. The quantitative estimate of drug-likeness (QED) is 0.719. The van der Waals surface area contributed by atoms with E-state index >= 15 is 0 Å². The molecule has 2 aliphatic heterocycles. The van der Waals surface area contributed by atoms with Gasteiger partial charge in [0.05, 0.1) is 19.8 Å². The second kappa shape index (κ2) is 10.1. The van der Waals surface area contributed by atoms with Crippen molar-refractivity contribution in [2.45, 2.75) is 45.7 Å². The first kappa shape index (κ1) is 20.2. The van der Waals surface area contributed by atoms with Crippen LogP contribution in [0.25, 0.3) is 0 Å². The Hall–Kier alpha value is -1.58. The number of amides is 1. The van der Waals surface area contributed by atoms with Gasteiger partial charge < -0.3 is 14.7 Å². The number of aliphatic hydroxyl groups excluding tert-OH is 1. The molecule has 0 radical (unpaired) electrons. The lowest BCUT2D eigenvalue weighted by Crippen LogP contribution is -2.36. The van der Waals surface area contributed by atoms with E-state index in [1.165, 1.54) is 12.8 Å². The maximum atomic E-state index is 12.5. The molecule has 3 heterocycles. The highest BCUT2D eigenvalue weighted by molar-refractivity contribution is 5.76. The third kappa shape index (κ3) is 5.95. The first-order valence-electron chi connectivity index (χ1n) is 10.1. The summed E-state index contributed by atoms with van der Waals surface area (Å²) in [6.45, 7) is 8.17. The number of aryl methyl sites for hydroxylation is 1. The van der Waals surface area contributed by atoms with E-state index in [-0.39, 0.29) is 18.4 Å². The summed E-state index contributed by atoms with van der Waals surface area (Å²) in [5, 5.41) is 21.4. The molecule has 1 amide bonds. The van der Waals surface area contributed by atoms with Crippen molar-refractivity contribution in [1.29, 1.82) is 0 Å². The molecule has 0 bridgehead atoms. The van der Waals surface area contributed by atoms with Gasteiger partial charge in [-0.3, -0.25) is 9.69 Å². The Bertz CT molecular complexity index is 587. The highest BCUT2D eigenvalue weighted by Gasteiger charge is 2.22. The maximum absolute atomic E-state index is 12.5. The number of hydrogen-bond donors (Lipinski definition) is 1. The maximum Gasteiger partial charge on any atom is 0.222 e. The molecule has 0 spiro atoms. The highest BCUT2D eigenvalue weighted by Crippen LogP contribution is 2.17.